The van der Waals surface area contributed by atoms with Gasteiger partial charge in [-0.15, -0.1) is 0 Å². The van der Waals surface area contributed by atoms with Gasteiger partial charge in [0.05, 0.1) is 218 Å². The molecular formula is C101H117N23O13. The standard InChI is InChI=1S/C27H32N6O3.C26H29N5O4.2C24H28N6O3/c1-28-9-10-32(21-12-22(34-2)15-23(13-21)35-3)20-7-8-24-25(14-20)31-26(17-29-24)19-16-30-33(18-19)27-6-4-5-11-36-27;1-34-22-7-20(8-23(10-22)35-2)31(13-17-3-4-17)19-5-6-24-25(9-19)29-26(12-27-24)18-11-28-30(14-18)15-21(33)16-32;2*1-25-12-19(31)15-30(18-7-20(32-3)10-21(8-18)33-4)17-5-6-22-23(9-17)28-24(13-26-22)16-11-27-29(2)14-16/h7-8,12-18,27-28H,4-6,9-11H2,1-3H3;5-12,14,17,21,32-33H,3-4,13,15-16H2,1-2H3;2*5-11,13-14,19,25,31H,12,15H2,1-4H3. The third-order valence-electron chi connectivity index (χ3n) is 23.2. The van der Waals surface area contributed by atoms with Crippen LogP contribution in [-0.4, -0.2) is 255 Å². The maximum Gasteiger partial charge on any atom is 0.150 e. The number of hydrogen-bond donors (Lipinski definition) is 7. The Morgan fingerprint density at radius 3 is 1.07 bits per heavy atom. The predicted octanol–water partition coefficient (Wildman–Crippen LogP) is 13.5. The average molecular weight is 1860 g/mol. The van der Waals surface area contributed by atoms with Crippen molar-refractivity contribution in [2.75, 3.05) is 157 Å². The third kappa shape index (κ3) is 24.7. The van der Waals surface area contributed by atoms with Gasteiger partial charge in [-0.3, -0.25) is 34.0 Å². The van der Waals surface area contributed by atoms with Crippen LogP contribution in [0.15, 0.2) is 220 Å². The lowest BCUT2D eigenvalue weighted by Gasteiger charge is -2.28. The summed E-state index contributed by atoms with van der Waals surface area (Å²) in [5.41, 5.74) is 20.2. The van der Waals surface area contributed by atoms with Crippen molar-refractivity contribution < 1.29 is 63.1 Å². The van der Waals surface area contributed by atoms with E-state index in [0.717, 1.165) is 197 Å². The summed E-state index contributed by atoms with van der Waals surface area (Å²) in [5.74, 6) is 6.27. The number of aliphatic hydroxyl groups is 4. The Kier molecular flexibility index (Phi) is 32.5. The first-order valence-corrected chi connectivity index (χ1v) is 45.1. The highest BCUT2D eigenvalue weighted by molar-refractivity contribution is 5.87. The van der Waals surface area contributed by atoms with E-state index in [1.807, 2.05) is 196 Å². The topological polar surface area (TPSA) is 387 Å². The van der Waals surface area contributed by atoms with E-state index in [2.05, 4.69) is 90.3 Å². The van der Waals surface area contributed by atoms with E-state index in [-0.39, 0.29) is 19.4 Å². The average Bonchev–Trinajstić information content (AvgIpc) is 1.48. The van der Waals surface area contributed by atoms with Gasteiger partial charge < -0.3 is 98.6 Å². The quantitative estimate of drug-likeness (QED) is 0.0190. The van der Waals surface area contributed by atoms with E-state index in [1.54, 1.807) is 120 Å². The minimum Gasteiger partial charge on any atom is -0.497 e. The van der Waals surface area contributed by atoms with Crippen LogP contribution in [-0.2, 0) is 25.4 Å². The number of likely N-dealkylation sites (N-methyl/N-ethyl adjacent to an activating group) is 3. The first-order chi connectivity index (χ1) is 66.7. The van der Waals surface area contributed by atoms with Gasteiger partial charge in [0.15, 0.2) is 0 Å². The van der Waals surface area contributed by atoms with E-state index in [9.17, 15) is 15.3 Å². The van der Waals surface area contributed by atoms with Crippen LogP contribution in [0.5, 0.6) is 46.0 Å². The Labute approximate surface area is 794 Å². The van der Waals surface area contributed by atoms with Crippen LogP contribution in [0.1, 0.15) is 38.3 Å². The van der Waals surface area contributed by atoms with Crippen molar-refractivity contribution in [2.45, 2.75) is 63.2 Å². The molecule has 137 heavy (non-hydrogen) atoms. The van der Waals surface area contributed by atoms with Crippen molar-refractivity contribution in [3.05, 3.63) is 220 Å². The minimum absolute atomic E-state index is 0.00638. The van der Waals surface area contributed by atoms with Crippen LogP contribution < -0.4 is 73.4 Å². The number of methoxy groups -OCH3 is 8. The first kappa shape index (κ1) is 96.8. The smallest absolute Gasteiger partial charge is 0.150 e. The number of hydrogen-bond acceptors (Lipinski definition) is 32. The highest BCUT2D eigenvalue weighted by atomic mass is 16.5. The first-order valence-electron chi connectivity index (χ1n) is 45.1. The Morgan fingerprint density at radius 2 is 0.723 bits per heavy atom. The Morgan fingerprint density at radius 1 is 0.372 bits per heavy atom. The van der Waals surface area contributed by atoms with E-state index in [4.69, 9.17) is 67.7 Å². The number of fused-ring (bicyclic) bond motifs is 4. The summed E-state index contributed by atoms with van der Waals surface area (Å²) >= 11 is 0. The minimum atomic E-state index is -0.860. The molecule has 1 aliphatic heterocycles. The van der Waals surface area contributed by atoms with Crippen LogP contribution in [0.2, 0.25) is 0 Å². The number of aromatic nitrogens is 16. The van der Waals surface area contributed by atoms with Gasteiger partial charge in [-0.1, -0.05) is 0 Å². The third-order valence-corrected chi connectivity index (χ3v) is 23.2. The fourth-order valence-electron chi connectivity index (χ4n) is 15.8. The summed E-state index contributed by atoms with van der Waals surface area (Å²) in [5, 5.41) is 66.5. The van der Waals surface area contributed by atoms with Crippen molar-refractivity contribution in [3.63, 3.8) is 0 Å². The Balaban J connectivity index is 0.000000139. The predicted molar refractivity (Wildman–Crippen MR) is 530 cm³/mol. The van der Waals surface area contributed by atoms with Crippen LogP contribution >= 0.6 is 0 Å². The number of nitrogens with one attached hydrogen (secondary N) is 3. The van der Waals surface area contributed by atoms with Crippen LogP contribution in [0.3, 0.4) is 0 Å². The van der Waals surface area contributed by atoms with Crippen molar-refractivity contribution in [2.24, 2.45) is 20.0 Å². The lowest BCUT2D eigenvalue weighted by molar-refractivity contribution is -0.0394. The molecule has 1 saturated carbocycles. The molecule has 0 spiro atoms. The van der Waals surface area contributed by atoms with Gasteiger partial charge >= 0.3 is 0 Å². The molecule has 0 bridgehead atoms. The zero-order valence-corrected chi connectivity index (χ0v) is 79.2. The summed E-state index contributed by atoms with van der Waals surface area (Å²) in [6.07, 6.45) is 25.3. The highest BCUT2D eigenvalue weighted by Crippen LogP contribution is 2.42. The summed E-state index contributed by atoms with van der Waals surface area (Å²) in [4.78, 5) is 46.4. The van der Waals surface area contributed by atoms with Gasteiger partial charge in [0.1, 0.15) is 52.2 Å². The molecule has 18 rings (SSSR count). The van der Waals surface area contributed by atoms with E-state index in [1.165, 1.54) is 12.8 Å². The molecule has 8 aromatic carbocycles. The summed E-state index contributed by atoms with van der Waals surface area (Å²) in [7, 11) is 22.4. The zero-order valence-electron chi connectivity index (χ0n) is 79.2. The second kappa shape index (κ2) is 46.0. The molecule has 36 nitrogen and oxygen atoms in total. The lowest BCUT2D eigenvalue weighted by Crippen LogP contribution is -2.35. The molecule has 8 aromatic heterocycles. The number of nitrogens with zero attached hydrogens (tertiary/aromatic N) is 20. The van der Waals surface area contributed by atoms with Crippen LogP contribution in [0.4, 0.5) is 45.5 Å². The van der Waals surface area contributed by atoms with Crippen LogP contribution in [0.25, 0.3) is 89.2 Å². The van der Waals surface area contributed by atoms with E-state index in [0.29, 0.717) is 60.8 Å². The largest absolute Gasteiger partial charge is 0.497 e. The molecule has 2 aliphatic rings. The van der Waals surface area contributed by atoms with Crippen LogP contribution in [0, 0.1) is 5.92 Å². The molecule has 4 atom stereocenters. The number of aliphatic hydroxyl groups excluding tert-OH is 4. The van der Waals surface area contributed by atoms with Gasteiger partial charge in [0.25, 0.3) is 0 Å². The maximum atomic E-state index is 10.6. The van der Waals surface area contributed by atoms with Crippen molar-refractivity contribution in [1.82, 2.24) is 94.9 Å². The molecule has 0 radical (unpaired) electrons. The summed E-state index contributed by atoms with van der Waals surface area (Å²) < 4.78 is 56.7. The monoisotopic (exact) mass is 1860 g/mol. The second-order valence-electron chi connectivity index (χ2n) is 33.1. The van der Waals surface area contributed by atoms with Crippen molar-refractivity contribution >= 4 is 89.6 Å². The molecule has 1 aliphatic carbocycles. The SMILES string of the molecule is CNCC(O)CN(c1cc(OC)cc(OC)c1)c1ccc2ncc(-c3cnn(C)c3)nc2c1.CNCC(O)CN(c1cc(OC)cc(OC)c1)c1ccc2ncc(-c3cnn(C)c3)nc2c1.CNCCN(c1cc(OC)cc(OC)c1)c1ccc2ncc(-c3cnn(C4CCCCO4)c3)nc2c1.COc1cc(OC)cc(N(CC2CC2)c2ccc3ncc(-c4cnn(CC(O)CO)c4)nc3c2)c1. The van der Waals surface area contributed by atoms with E-state index >= 15 is 0 Å². The van der Waals surface area contributed by atoms with Crippen molar-refractivity contribution in [3.8, 4) is 91.0 Å². The fourth-order valence-corrected chi connectivity index (χ4v) is 15.8. The normalized spacial score (nSPS) is 13.5. The Bertz CT molecular complexity index is 6420. The summed E-state index contributed by atoms with van der Waals surface area (Å²) in [6.45, 7) is 4.75. The van der Waals surface area contributed by atoms with E-state index < -0.39 is 18.3 Å². The number of rotatable bonds is 37. The van der Waals surface area contributed by atoms with Crippen molar-refractivity contribution in [1.29, 1.82) is 0 Å². The molecule has 36 heteroatoms. The molecular weight excluding hydrogens is 1740 g/mol. The van der Waals surface area contributed by atoms with Gasteiger partial charge in [0.2, 0.25) is 0 Å². The highest BCUT2D eigenvalue weighted by Gasteiger charge is 2.28. The Hall–Kier alpha value is -14.8. The number of benzene rings is 8. The molecule has 4 unspecified atom stereocenters. The number of ether oxygens (including phenoxy) is 9. The number of aryl methyl sites for hydroxylation is 2. The zero-order chi connectivity index (χ0) is 96.0. The number of anilines is 8. The molecule has 2 fully saturated rings. The van der Waals surface area contributed by atoms with Gasteiger partial charge in [-0.2, -0.15) is 20.4 Å². The fraction of sp³-hybridized carbons (Fsp3) is 0.327. The van der Waals surface area contributed by atoms with Gasteiger partial charge in [0, 0.05) is 219 Å². The summed E-state index contributed by atoms with van der Waals surface area (Å²) in [6, 6.07) is 47.1. The molecule has 9 heterocycles. The lowest BCUT2D eigenvalue weighted by atomic mass is 10.1. The molecule has 714 valence electrons. The molecule has 7 N–H and O–H groups in total. The molecule has 16 aromatic rings. The van der Waals surface area contributed by atoms with Gasteiger partial charge in [-0.25, -0.2) is 24.6 Å². The maximum absolute atomic E-state index is 10.6. The second-order valence-corrected chi connectivity index (χ2v) is 33.1. The molecule has 1 saturated heterocycles. The molecule has 0 amide bonds. The van der Waals surface area contributed by atoms with Gasteiger partial charge in [-0.05, 0) is 132 Å².